The first kappa shape index (κ1) is 26.2. The molecule has 0 radical (unpaired) electrons. The largest absolute Gasteiger partial charge is 0.384 e. The van der Waals surface area contributed by atoms with Gasteiger partial charge in [-0.05, 0) is 65.2 Å². The molecule has 0 aliphatic carbocycles. The molecule has 192 valence electrons. The van der Waals surface area contributed by atoms with E-state index in [2.05, 4.69) is 16.4 Å². The smallest absolute Gasteiger partial charge is 0.223 e. The third kappa shape index (κ3) is 4.88. The van der Waals surface area contributed by atoms with Crippen LogP contribution in [0.1, 0.15) is 63.4 Å². The monoisotopic (exact) mass is 512 g/mol. The Bertz CT molecular complexity index is 1360. The molecule has 2 N–H and O–H groups in total. The van der Waals surface area contributed by atoms with Gasteiger partial charge in [-0.2, -0.15) is 5.26 Å². The molecule has 0 bridgehead atoms. The lowest BCUT2D eigenvalue weighted by Gasteiger charge is -2.30. The van der Waals surface area contributed by atoms with Gasteiger partial charge in [-0.1, -0.05) is 0 Å². The van der Waals surface area contributed by atoms with Gasteiger partial charge in [0.05, 0.1) is 38.8 Å². The highest BCUT2D eigenvalue weighted by atomic mass is 32.2. The zero-order valence-corrected chi connectivity index (χ0v) is 22.4. The Morgan fingerprint density at radius 1 is 1.31 bits per heavy atom. The Morgan fingerprint density at radius 2 is 1.97 bits per heavy atom. The fraction of sp³-hybridized carbons (Fsp3) is 0.500. The number of nitriles is 1. The van der Waals surface area contributed by atoms with Crippen LogP contribution in [-0.2, 0) is 16.6 Å². The molecule has 0 amide bonds. The Balaban J connectivity index is 1.77. The lowest BCUT2D eigenvalue weighted by molar-refractivity contribution is 0.0688. The van der Waals surface area contributed by atoms with Gasteiger partial charge in [0.2, 0.25) is 5.95 Å². The molecule has 1 fully saturated rings. The molecule has 1 aromatic carbocycles. The van der Waals surface area contributed by atoms with Crippen molar-refractivity contribution in [2.24, 2.45) is 0 Å². The maximum atomic E-state index is 15.6. The van der Waals surface area contributed by atoms with Crippen molar-refractivity contribution in [2.45, 2.75) is 65.1 Å². The molecule has 0 saturated carbocycles. The van der Waals surface area contributed by atoms with E-state index in [0.29, 0.717) is 28.4 Å². The molecule has 0 spiro atoms. The molecule has 1 atom stereocenters. The third-order valence-electron chi connectivity index (χ3n) is 6.66. The molecule has 1 saturated heterocycles. The zero-order chi connectivity index (χ0) is 26.4. The van der Waals surface area contributed by atoms with Crippen molar-refractivity contribution in [2.75, 3.05) is 24.7 Å². The van der Waals surface area contributed by atoms with E-state index in [-0.39, 0.29) is 23.0 Å². The van der Waals surface area contributed by atoms with Gasteiger partial charge in [-0.25, -0.2) is 22.9 Å². The van der Waals surface area contributed by atoms with Crippen molar-refractivity contribution >= 4 is 27.8 Å². The zero-order valence-electron chi connectivity index (χ0n) is 21.6. The van der Waals surface area contributed by atoms with E-state index in [1.54, 1.807) is 26.3 Å². The van der Waals surface area contributed by atoms with Crippen LogP contribution in [0.5, 0.6) is 0 Å². The minimum Gasteiger partial charge on any atom is -0.384 e. The number of nitrogens with one attached hydrogen (secondary N) is 1. The predicted octanol–water partition coefficient (Wildman–Crippen LogP) is 4.40. The molecule has 4 rings (SSSR count). The van der Waals surface area contributed by atoms with Crippen molar-refractivity contribution in [3.8, 4) is 17.3 Å². The first-order valence-corrected chi connectivity index (χ1v) is 13.6. The summed E-state index contributed by atoms with van der Waals surface area (Å²) < 4.78 is 31.1. The van der Waals surface area contributed by atoms with Gasteiger partial charge in [0.15, 0.2) is 0 Å². The van der Waals surface area contributed by atoms with Crippen molar-refractivity contribution in [1.29, 1.82) is 5.26 Å². The molecule has 3 aromatic rings. The lowest BCUT2D eigenvalue weighted by Crippen LogP contribution is -2.39. The van der Waals surface area contributed by atoms with Crippen LogP contribution in [0.3, 0.4) is 0 Å². The van der Waals surface area contributed by atoms with Gasteiger partial charge in [0, 0.05) is 43.2 Å². The Morgan fingerprint density at radius 3 is 2.53 bits per heavy atom. The second-order valence-electron chi connectivity index (χ2n) is 10.2. The summed E-state index contributed by atoms with van der Waals surface area (Å²) in [5, 5.41) is 24.3. The topological polar surface area (TPSA) is 107 Å². The Hall–Kier alpha value is -2.87. The van der Waals surface area contributed by atoms with Gasteiger partial charge in [-0.3, -0.25) is 0 Å². The minimum atomic E-state index is -1.33. The highest BCUT2D eigenvalue weighted by Crippen LogP contribution is 2.39. The number of aryl methyl sites for hydroxylation is 1. The molecular weight excluding hydrogens is 479 g/mol. The number of hydrogen-bond donors (Lipinski definition) is 2. The molecule has 36 heavy (non-hydrogen) atoms. The summed E-state index contributed by atoms with van der Waals surface area (Å²) in [7, 11) is -0.970. The van der Waals surface area contributed by atoms with Gasteiger partial charge >= 0.3 is 0 Å². The van der Waals surface area contributed by atoms with Gasteiger partial charge in [0.1, 0.15) is 17.5 Å². The highest BCUT2D eigenvalue weighted by molar-refractivity contribution is 7.81. The van der Waals surface area contributed by atoms with Gasteiger partial charge in [0.25, 0.3) is 0 Å². The first-order chi connectivity index (χ1) is 16.9. The third-order valence-corrected chi connectivity index (χ3v) is 7.75. The predicted molar refractivity (Wildman–Crippen MR) is 140 cm³/mol. The number of aromatic nitrogens is 3. The second-order valence-corrected chi connectivity index (χ2v) is 11.6. The summed E-state index contributed by atoms with van der Waals surface area (Å²) >= 11 is 0. The summed E-state index contributed by atoms with van der Waals surface area (Å²) in [6.07, 6.45) is 5.06. The number of benzene rings is 1. The Labute approximate surface area is 213 Å². The number of halogens is 1. The maximum absolute atomic E-state index is 15.6. The molecule has 8 nitrogen and oxygen atoms in total. The van der Waals surface area contributed by atoms with Crippen LogP contribution in [0.25, 0.3) is 22.2 Å². The van der Waals surface area contributed by atoms with Gasteiger partial charge in [-0.15, -0.1) is 0 Å². The number of nitrogens with zero attached hydrogens (tertiary/aromatic N) is 5. The molecule has 3 heterocycles. The van der Waals surface area contributed by atoms with Crippen LogP contribution in [0.15, 0.2) is 18.3 Å². The summed E-state index contributed by atoms with van der Waals surface area (Å²) in [6.45, 7) is 10.4. The molecular formula is C26H33FN6O2S. The standard InChI is InChI=1S/C26H33FN6O2S/c1-15(2)33-21-12-17(11-20(27)22(21)19(13-28)24(33)26(4,5)34)23-16(3)14-29-25(31-23)30-18-7-9-32(10-8-18)36(6)35/h11-12,14-15,18,34H,7-10H2,1-6H3,(H,29,30,31). The van der Waals surface area contributed by atoms with Crippen LogP contribution in [0.4, 0.5) is 10.3 Å². The first-order valence-electron chi connectivity index (χ1n) is 12.1. The summed E-state index contributed by atoms with van der Waals surface area (Å²) in [5.74, 6) is -0.0716. The molecule has 10 heteroatoms. The number of rotatable bonds is 6. The van der Waals surface area contributed by atoms with Crippen LogP contribution in [0.2, 0.25) is 0 Å². The molecule has 1 aliphatic rings. The van der Waals surface area contributed by atoms with E-state index in [1.165, 1.54) is 6.07 Å². The fourth-order valence-corrected chi connectivity index (χ4v) is 5.74. The highest BCUT2D eigenvalue weighted by Gasteiger charge is 2.31. The maximum Gasteiger partial charge on any atom is 0.223 e. The summed E-state index contributed by atoms with van der Waals surface area (Å²) in [4.78, 5) is 9.16. The van der Waals surface area contributed by atoms with Crippen molar-refractivity contribution in [3.05, 3.63) is 41.0 Å². The Kier molecular flexibility index (Phi) is 7.19. The lowest BCUT2D eigenvalue weighted by atomic mass is 9.99. The molecule has 1 unspecified atom stereocenters. The van der Waals surface area contributed by atoms with Crippen LogP contribution < -0.4 is 5.32 Å². The second kappa shape index (κ2) is 9.88. The van der Waals surface area contributed by atoms with Crippen LogP contribution in [0, 0.1) is 24.1 Å². The number of hydrogen-bond acceptors (Lipinski definition) is 6. The van der Waals surface area contributed by atoms with Crippen LogP contribution in [-0.4, -0.2) is 53.5 Å². The number of anilines is 1. The van der Waals surface area contributed by atoms with E-state index in [1.807, 2.05) is 35.7 Å². The quantitative estimate of drug-likeness (QED) is 0.507. The van der Waals surface area contributed by atoms with Crippen molar-refractivity contribution < 1.29 is 13.7 Å². The molecule has 2 aromatic heterocycles. The average Bonchev–Trinajstić information content (AvgIpc) is 3.16. The minimum absolute atomic E-state index is 0.113. The summed E-state index contributed by atoms with van der Waals surface area (Å²) in [6, 6.07) is 5.40. The van der Waals surface area contributed by atoms with E-state index < -0.39 is 22.4 Å². The van der Waals surface area contributed by atoms with Crippen molar-refractivity contribution in [1.82, 2.24) is 18.8 Å². The fourth-order valence-electron chi connectivity index (χ4n) is 5.02. The van der Waals surface area contributed by atoms with E-state index in [0.717, 1.165) is 31.5 Å². The number of fused-ring (bicyclic) bond motifs is 1. The van der Waals surface area contributed by atoms with Crippen LogP contribution >= 0.6 is 0 Å². The molecule has 1 aliphatic heterocycles. The van der Waals surface area contributed by atoms with E-state index >= 15 is 4.39 Å². The number of aliphatic hydroxyl groups is 1. The van der Waals surface area contributed by atoms with E-state index in [9.17, 15) is 14.6 Å². The van der Waals surface area contributed by atoms with Gasteiger partial charge < -0.3 is 15.0 Å². The van der Waals surface area contributed by atoms with E-state index in [4.69, 9.17) is 4.98 Å². The normalized spacial score (nSPS) is 16.4. The average molecular weight is 513 g/mol. The number of piperidine rings is 1. The SMILES string of the molecule is Cc1cnc(NC2CCN(S(C)=O)CC2)nc1-c1cc(F)c2c(C#N)c(C(C)(C)O)n(C(C)C)c2c1. The van der Waals surface area contributed by atoms with Crippen molar-refractivity contribution in [3.63, 3.8) is 0 Å². The summed E-state index contributed by atoms with van der Waals surface area (Å²) in [5.41, 5.74) is 1.72.